The van der Waals surface area contributed by atoms with Crippen LogP contribution in [0.2, 0.25) is 0 Å². The van der Waals surface area contributed by atoms with Crippen molar-refractivity contribution < 1.29 is 4.74 Å². The number of hydrogen-bond acceptors (Lipinski definition) is 2. The highest BCUT2D eigenvalue weighted by molar-refractivity contribution is 5.89. The summed E-state index contributed by atoms with van der Waals surface area (Å²) in [6, 6.07) is 30.8. The molecule has 0 bridgehead atoms. The molecule has 0 atom stereocenters. The van der Waals surface area contributed by atoms with Crippen molar-refractivity contribution in [1.82, 2.24) is 0 Å². The lowest BCUT2D eigenvalue weighted by Crippen LogP contribution is -2.17. The summed E-state index contributed by atoms with van der Waals surface area (Å²) in [4.78, 5) is 2.31. The summed E-state index contributed by atoms with van der Waals surface area (Å²) in [5.41, 5.74) is 11.8. The number of benzene rings is 4. The standard InChI is InChI=1S/C40H41NO/c1-7-11-27-42-39-29(10-4)21-25-37-38(39)35-28-34(24-26-36(35)40(37,5)6)41(32(15-8-2)16-9-3)33-22-19-31(20-23-33)30-17-13-12-14-18-30/h7-9,11-26,28H,2,10,27H2,1,3-6H3/b11-7-,16-9-,32-15+. The van der Waals surface area contributed by atoms with Crippen LogP contribution in [0.1, 0.15) is 51.3 Å². The Bertz CT molecular complexity index is 1650. The first-order chi connectivity index (χ1) is 20.4. The summed E-state index contributed by atoms with van der Waals surface area (Å²) in [6.45, 7) is 15.5. The Hall–Kier alpha value is -4.56. The van der Waals surface area contributed by atoms with Gasteiger partial charge in [-0.3, -0.25) is 0 Å². The van der Waals surface area contributed by atoms with Crippen LogP contribution in [0.3, 0.4) is 0 Å². The molecule has 4 aromatic rings. The highest BCUT2D eigenvalue weighted by atomic mass is 16.5. The van der Waals surface area contributed by atoms with E-state index in [1.807, 2.05) is 19.1 Å². The summed E-state index contributed by atoms with van der Waals surface area (Å²) < 4.78 is 6.49. The fraction of sp³-hybridized carbons (Fsp3) is 0.200. The first-order valence-electron chi connectivity index (χ1n) is 14.9. The van der Waals surface area contributed by atoms with E-state index in [4.69, 9.17) is 4.74 Å². The summed E-state index contributed by atoms with van der Waals surface area (Å²) in [5, 5.41) is 0. The molecule has 0 spiro atoms. The number of fused-ring (bicyclic) bond motifs is 3. The van der Waals surface area contributed by atoms with Crippen molar-refractivity contribution in [3.63, 3.8) is 0 Å². The van der Waals surface area contributed by atoms with E-state index in [-0.39, 0.29) is 5.41 Å². The molecule has 2 heteroatoms. The van der Waals surface area contributed by atoms with Gasteiger partial charge in [0.25, 0.3) is 0 Å². The largest absolute Gasteiger partial charge is 0.489 e. The van der Waals surface area contributed by atoms with Crippen LogP contribution in [0.25, 0.3) is 22.3 Å². The molecule has 2 nitrogen and oxygen atoms in total. The molecular formula is C40H41NO. The monoisotopic (exact) mass is 551 g/mol. The fourth-order valence-electron chi connectivity index (χ4n) is 6.03. The molecule has 4 aromatic carbocycles. The second kappa shape index (κ2) is 12.5. The Morgan fingerprint density at radius 3 is 2.19 bits per heavy atom. The molecule has 212 valence electrons. The van der Waals surface area contributed by atoms with Gasteiger partial charge >= 0.3 is 0 Å². The minimum atomic E-state index is -0.126. The van der Waals surface area contributed by atoms with Crippen LogP contribution < -0.4 is 9.64 Å². The van der Waals surface area contributed by atoms with Gasteiger partial charge in [-0.15, -0.1) is 0 Å². The molecule has 0 saturated heterocycles. The van der Waals surface area contributed by atoms with Crippen molar-refractivity contribution in [2.75, 3.05) is 11.5 Å². The quantitative estimate of drug-likeness (QED) is 0.144. The van der Waals surface area contributed by atoms with Gasteiger partial charge in [-0.05, 0) is 90.1 Å². The summed E-state index contributed by atoms with van der Waals surface area (Å²) in [5.74, 6) is 1.01. The van der Waals surface area contributed by atoms with Gasteiger partial charge in [0.2, 0.25) is 0 Å². The molecule has 0 N–H and O–H groups in total. The second-order valence-electron chi connectivity index (χ2n) is 11.1. The molecule has 0 radical (unpaired) electrons. The molecular weight excluding hydrogens is 510 g/mol. The molecule has 5 rings (SSSR count). The van der Waals surface area contributed by atoms with Crippen LogP contribution >= 0.6 is 0 Å². The van der Waals surface area contributed by atoms with E-state index < -0.39 is 0 Å². The highest BCUT2D eigenvalue weighted by Crippen LogP contribution is 2.54. The average Bonchev–Trinajstić information content (AvgIpc) is 3.24. The fourth-order valence-corrected chi connectivity index (χ4v) is 6.03. The Morgan fingerprint density at radius 2 is 1.52 bits per heavy atom. The number of ether oxygens (including phenoxy) is 1. The van der Waals surface area contributed by atoms with Gasteiger partial charge in [-0.2, -0.15) is 0 Å². The van der Waals surface area contributed by atoms with Gasteiger partial charge in [0, 0.05) is 28.1 Å². The van der Waals surface area contributed by atoms with Gasteiger partial charge in [0.15, 0.2) is 0 Å². The zero-order valence-electron chi connectivity index (χ0n) is 25.5. The lowest BCUT2D eigenvalue weighted by Gasteiger charge is -2.28. The maximum Gasteiger partial charge on any atom is 0.131 e. The predicted molar refractivity (Wildman–Crippen MR) is 181 cm³/mol. The number of allylic oxidation sites excluding steroid dienone is 5. The topological polar surface area (TPSA) is 12.5 Å². The van der Waals surface area contributed by atoms with E-state index >= 15 is 0 Å². The van der Waals surface area contributed by atoms with Crippen molar-refractivity contribution >= 4 is 11.4 Å². The molecule has 0 aliphatic heterocycles. The molecule has 0 amide bonds. The van der Waals surface area contributed by atoms with Crippen molar-refractivity contribution in [3.8, 4) is 28.0 Å². The molecule has 0 fully saturated rings. The van der Waals surface area contributed by atoms with E-state index in [1.165, 1.54) is 38.9 Å². The van der Waals surface area contributed by atoms with Crippen LogP contribution in [0.5, 0.6) is 5.75 Å². The van der Waals surface area contributed by atoms with E-state index in [1.54, 1.807) is 0 Å². The number of aryl methyl sites for hydroxylation is 1. The van der Waals surface area contributed by atoms with Crippen molar-refractivity contribution in [1.29, 1.82) is 0 Å². The first-order valence-corrected chi connectivity index (χ1v) is 14.9. The van der Waals surface area contributed by atoms with Gasteiger partial charge in [-0.25, -0.2) is 0 Å². The highest BCUT2D eigenvalue weighted by Gasteiger charge is 2.38. The van der Waals surface area contributed by atoms with Crippen LogP contribution in [0.4, 0.5) is 11.4 Å². The molecule has 42 heavy (non-hydrogen) atoms. The summed E-state index contributed by atoms with van der Waals surface area (Å²) in [7, 11) is 0. The molecule has 0 aromatic heterocycles. The van der Waals surface area contributed by atoms with E-state index in [2.05, 4.69) is 148 Å². The van der Waals surface area contributed by atoms with Crippen LogP contribution in [-0.4, -0.2) is 6.61 Å². The molecule has 1 aliphatic rings. The Balaban J connectivity index is 1.69. The average molecular weight is 552 g/mol. The van der Waals surface area contributed by atoms with E-state index in [0.29, 0.717) is 6.61 Å². The predicted octanol–water partition coefficient (Wildman–Crippen LogP) is 11.0. The van der Waals surface area contributed by atoms with Crippen LogP contribution in [-0.2, 0) is 11.8 Å². The molecule has 0 saturated carbocycles. The summed E-state index contributed by atoms with van der Waals surface area (Å²) >= 11 is 0. The zero-order valence-corrected chi connectivity index (χ0v) is 25.5. The van der Waals surface area contributed by atoms with Gasteiger partial charge < -0.3 is 9.64 Å². The third kappa shape index (κ3) is 5.37. The van der Waals surface area contributed by atoms with Crippen molar-refractivity contribution in [3.05, 3.63) is 150 Å². The lowest BCUT2D eigenvalue weighted by atomic mass is 9.82. The third-order valence-corrected chi connectivity index (χ3v) is 8.17. The minimum Gasteiger partial charge on any atom is -0.489 e. The van der Waals surface area contributed by atoms with E-state index in [9.17, 15) is 0 Å². The number of nitrogens with zero attached hydrogens (tertiary/aromatic N) is 1. The first kappa shape index (κ1) is 29.0. The third-order valence-electron chi connectivity index (χ3n) is 8.17. The molecule has 1 aliphatic carbocycles. The smallest absolute Gasteiger partial charge is 0.131 e. The number of anilines is 2. The number of hydrogen-bond donors (Lipinski definition) is 0. The Labute approximate surface area is 252 Å². The SMILES string of the molecule is C=C/C=C(\C=C/C)N(c1ccc(-c2ccccc2)cc1)c1ccc2c(c1)-c1c(ccc(CC)c1OC/C=C\C)C2(C)C. The Kier molecular flexibility index (Phi) is 8.64. The normalized spacial score (nSPS) is 13.8. The van der Waals surface area contributed by atoms with Gasteiger partial charge in [0.05, 0.1) is 0 Å². The minimum absolute atomic E-state index is 0.126. The van der Waals surface area contributed by atoms with Crippen LogP contribution in [0, 0.1) is 0 Å². The van der Waals surface area contributed by atoms with Crippen molar-refractivity contribution in [2.45, 2.75) is 46.5 Å². The number of rotatable bonds is 10. The zero-order chi connectivity index (χ0) is 29.7. The second-order valence-corrected chi connectivity index (χ2v) is 11.1. The molecule has 0 heterocycles. The maximum absolute atomic E-state index is 6.49. The van der Waals surface area contributed by atoms with Crippen molar-refractivity contribution in [2.24, 2.45) is 0 Å². The van der Waals surface area contributed by atoms with E-state index in [0.717, 1.165) is 29.2 Å². The lowest BCUT2D eigenvalue weighted by molar-refractivity contribution is 0.360. The Morgan fingerprint density at radius 1 is 0.833 bits per heavy atom. The summed E-state index contributed by atoms with van der Waals surface area (Å²) in [6.07, 6.45) is 13.2. The van der Waals surface area contributed by atoms with Gasteiger partial charge in [0.1, 0.15) is 12.4 Å². The molecule has 0 unspecified atom stereocenters. The van der Waals surface area contributed by atoms with Gasteiger partial charge in [-0.1, -0.05) is 112 Å². The van der Waals surface area contributed by atoms with Crippen LogP contribution in [0.15, 0.2) is 134 Å². The maximum atomic E-state index is 6.49.